The Kier molecular flexibility index (Phi) is 6.56. The molecule has 1 aliphatic rings. The highest BCUT2D eigenvalue weighted by Crippen LogP contribution is 2.41. The van der Waals surface area contributed by atoms with Crippen molar-refractivity contribution in [3.05, 3.63) is 102 Å². The molecule has 0 heterocycles. The molecule has 4 heteroatoms. The van der Waals surface area contributed by atoms with E-state index in [9.17, 15) is 10.1 Å². The van der Waals surface area contributed by atoms with Gasteiger partial charge in [0, 0.05) is 18.2 Å². The van der Waals surface area contributed by atoms with E-state index in [-0.39, 0.29) is 11.9 Å². The second kappa shape index (κ2) is 9.70. The summed E-state index contributed by atoms with van der Waals surface area (Å²) < 4.78 is 5.38. The van der Waals surface area contributed by atoms with Crippen LogP contribution in [-0.4, -0.2) is 24.0 Å². The van der Waals surface area contributed by atoms with Gasteiger partial charge in [0.2, 0.25) is 0 Å². The molecule has 1 amide bonds. The maximum absolute atomic E-state index is 13.5. The Morgan fingerprint density at radius 1 is 1.00 bits per heavy atom. The molecule has 1 fully saturated rings. The van der Waals surface area contributed by atoms with Gasteiger partial charge in [-0.05, 0) is 61.1 Å². The fourth-order valence-corrected chi connectivity index (χ4v) is 4.69. The molecule has 0 bridgehead atoms. The van der Waals surface area contributed by atoms with Crippen LogP contribution in [0.5, 0.6) is 5.75 Å². The molecular formula is C28H28N2O2. The number of hydrogen-bond donors (Lipinski definition) is 0. The summed E-state index contributed by atoms with van der Waals surface area (Å²) in [5.41, 5.74) is 2.27. The predicted octanol–water partition coefficient (Wildman–Crippen LogP) is 5.74. The zero-order chi connectivity index (χ0) is 22.4. The van der Waals surface area contributed by atoms with Gasteiger partial charge >= 0.3 is 0 Å². The molecule has 0 atom stereocenters. The largest absolute Gasteiger partial charge is 0.497 e. The van der Waals surface area contributed by atoms with Crippen LogP contribution in [-0.2, 0) is 12.0 Å². The van der Waals surface area contributed by atoms with E-state index in [0.29, 0.717) is 24.9 Å². The smallest absolute Gasteiger partial charge is 0.254 e. The van der Waals surface area contributed by atoms with Crippen LogP contribution in [0.1, 0.15) is 47.2 Å². The minimum Gasteiger partial charge on any atom is -0.497 e. The SMILES string of the molecule is COc1cccc(C2(C#N)CCC(N(Cc3ccccc3)C(=O)c3ccccc3)CC2)c1. The number of hydrogen-bond acceptors (Lipinski definition) is 3. The molecule has 3 aromatic carbocycles. The van der Waals surface area contributed by atoms with Gasteiger partial charge in [-0.15, -0.1) is 0 Å². The molecule has 1 aliphatic carbocycles. The number of carbonyl (C=O) groups excluding carboxylic acids is 1. The number of benzene rings is 3. The van der Waals surface area contributed by atoms with Gasteiger partial charge in [-0.3, -0.25) is 4.79 Å². The van der Waals surface area contributed by atoms with Crippen molar-refractivity contribution in [1.29, 1.82) is 5.26 Å². The molecular weight excluding hydrogens is 396 g/mol. The third-order valence-electron chi connectivity index (χ3n) is 6.56. The van der Waals surface area contributed by atoms with E-state index in [4.69, 9.17) is 4.74 Å². The van der Waals surface area contributed by atoms with E-state index in [0.717, 1.165) is 29.7 Å². The quantitative estimate of drug-likeness (QED) is 0.507. The minimum atomic E-state index is -0.542. The maximum atomic E-state index is 13.5. The van der Waals surface area contributed by atoms with Gasteiger partial charge in [0.15, 0.2) is 0 Å². The summed E-state index contributed by atoms with van der Waals surface area (Å²) in [6.45, 7) is 0.567. The molecule has 0 aromatic heterocycles. The lowest BCUT2D eigenvalue weighted by atomic mass is 9.69. The summed E-state index contributed by atoms with van der Waals surface area (Å²) in [5, 5.41) is 10.1. The lowest BCUT2D eigenvalue weighted by Crippen LogP contribution is -2.44. The van der Waals surface area contributed by atoms with Crippen molar-refractivity contribution < 1.29 is 9.53 Å². The molecule has 1 saturated carbocycles. The molecule has 0 spiro atoms. The van der Waals surface area contributed by atoms with Gasteiger partial charge in [0.05, 0.1) is 18.6 Å². The highest BCUT2D eigenvalue weighted by atomic mass is 16.5. The zero-order valence-corrected chi connectivity index (χ0v) is 18.4. The number of nitriles is 1. The van der Waals surface area contributed by atoms with Gasteiger partial charge in [0.1, 0.15) is 5.75 Å². The van der Waals surface area contributed by atoms with Crippen LogP contribution in [0, 0.1) is 11.3 Å². The second-order valence-electron chi connectivity index (χ2n) is 8.44. The van der Waals surface area contributed by atoms with Crippen molar-refractivity contribution >= 4 is 5.91 Å². The van der Waals surface area contributed by atoms with Crippen LogP contribution >= 0.6 is 0 Å². The average molecular weight is 425 g/mol. The van der Waals surface area contributed by atoms with Gasteiger partial charge in [-0.2, -0.15) is 5.26 Å². The summed E-state index contributed by atoms with van der Waals surface area (Å²) in [7, 11) is 1.64. The Balaban J connectivity index is 1.58. The highest BCUT2D eigenvalue weighted by Gasteiger charge is 2.40. The van der Waals surface area contributed by atoms with Crippen molar-refractivity contribution in [3.8, 4) is 11.8 Å². The van der Waals surface area contributed by atoms with Crippen LogP contribution in [0.2, 0.25) is 0 Å². The van der Waals surface area contributed by atoms with E-state index in [1.165, 1.54) is 0 Å². The fraction of sp³-hybridized carbons (Fsp3) is 0.286. The summed E-state index contributed by atoms with van der Waals surface area (Å²) in [6, 6.07) is 30.1. The topological polar surface area (TPSA) is 53.3 Å². The Morgan fingerprint density at radius 3 is 2.28 bits per heavy atom. The zero-order valence-electron chi connectivity index (χ0n) is 18.4. The first-order chi connectivity index (χ1) is 15.6. The van der Waals surface area contributed by atoms with Crippen molar-refractivity contribution in [1.82, 2.24) is 4.90 Å². The van der Waals surface area contributed by atoms with Crippen LogP contribution in [0.15, 0.2) is 84.9 Å². The van der Waals surface area contributed by atoms with E-state index in [1.54, 1.807) is 7.11 Å². The van der Waals surface area contributed by atoms with Crippen molar-refractivity contribution in [2.45, 2.75) is 43.7 Å². The molecule has 162 valence electrons. The number of methoxy groups -OCH3 is 1. The number of amides is 1. The highest BCUT2D eigenvalue weighted by molar-refractivity contribution is 5.94. The Hall–Kier alpha value is -3.58. The lowest BCUT2D eigenvalue weighted by molar-refractivity contribution is 0.0589. The molecule has 4 nitrogen and oxygen atoms in total. The van der Waals surface area contributed by atoms with Crippen molar-refractivity contribution in [3.63, 3.8) is 0 Å². The molecule has 0 N–H and O–H groups in total. The van der Waals surface area contributed by atoms with Crippen LogP contribution < -0.4 is 4.74 Å². The van der Waals surface area contributed by atoms with E-state index in [1.807, 2.05) is 77.7 Å². The average Bonchev–Trinajstić information content (AvgIpc) is 2.88. The first-order valence-corrected chi connectivity index (χ1v) is 11.1. The van der Waals surface area contributed by atoms with Crippen molar-refractivity contribution in [2.24, 2.45) is 0 Å². The fourth-order valence-electron chi connectivity index (χ4n) is 4.69. The predicted molar refractivity (Wildman–Crippen MR) is 125 cm³/mol. The Labute approximate surface area is 190 Å². The van der Waals surface area contributed by atoms with Crippen molar-refractivity contribution in [2.75, 3.05) is 7.11 Å². The van der Waals surface area contributed by atoms with Crippen LogP contribution in [0.3, 0.4) is 0 Å². The van der Waals surface area contributed by atoms with Crippen LogP contribution in [0.4, 0.5) is 0 Å². The lowest BCUT2D eigenvalue weighted by Gasteiger charge is -2.40. The van der Waals surface area contributed by atoms with Crippen LogP contribution in [0.25, 0.3) is 0 Å². The molecule has 0 saturated heterocycles. The van der Waals surface area contributed by atoms with E-state index in [2.05, 4.69) is 18.2 Å². The third kappa shape index (κ3) is 4.53. The molecule has 0 unspecified atom stereocenters. The molecule has 3 aromatic rings. The Morgan fingerprint density at radius 2 is 1.66 bits per heavy atom. The molecule has 0 radical (unpaired) electrons. The van der Waals surface area contributed by atoms with Gasteiger partial charge in [-0.1, -0.05) is 60.7 Å². The maximum Gasteiger partial charge on any atom is 0.254 e. The normalized spacial score (nSPS) is 20.2. The number of rotatable bonds is 6. The monoisotopic (exact) mass is 424 g/mol. The third-order valence-corrected chi connectivity index (χ3v) is 6.56. The van der Waals surface area contributed by atoms with Gasteiger partial charge in [-0.25, -0.2) is 0 Å². The standard InChI is InChI=1S/C28H28N2O2/c1-32-26-14-8-13-24(19-26)28(21-29)17-15-25(16-18-28)30(20-22-9-4-2-5-10-22)27(31)23-11-6-3-7-12-23/h2-14,19,25H,15-18,20H2,1H3. The molecule has 32 heavy (non-hydrogen) atoms. The molecule has 4 rings (SSSR count). The number of nitrogens with zero attached hydrogens (tertiary/aromatic N) is 2. The summed E-state index contributed by atoms with van der Waals surface area (Å²) in [6.07, 6.45) is 3.01. The summed E-state index contributed by atoms with van der Waals surface area (Å²) in [4.78, 5) is 15.5. The summed E-state index contributed by atoms with van der Waals surface area (Å²) in [5.74, 6) is 0.814. The minimum absolute atomic E-state index is 0.0466. The van der Waals surface area contributed by atoms with E-state index < -0.39 is 5.41 Å². The molecule has 0 aliphatic heterocycles. The van der Waals surface area contributed by atoms with Gasteiger partial charge in [0.25, 0.3) is 5.91 Å². The second-order valence-corrected chi connectivity index (χ2v) is 8.44. The first-order valence-electron chi connectivity index (χ1n) is 11.1. The first kappa shape index (κ1) is 21.6. The Bertz CT molecular complexity index is 1080. The number of carbonyl (C=O) groups is 1. The summed E-state index contributed by atoms with van der Waals surface area (Å²) >= 11 is 0. The van der Waals surface area contributed by atoms with Gasteiger partial charge < -0.3 is 9.64 Å². The van der Waals surface area contributed by atoms with E-state index >= 15 is 0 Å². The number of ether oxygens (including phenoxy) is 1.